The van der Waals surface area contributed by atoms with Crippen LogP contribution in [-0.2, 0) is 12.0 Å². The van der Waals surface area contributed by atoms with Gasteiger partial charge in [0.1, 0.15) is 5.54 Å². The van der Waals surface area contributed by atoms with E-state index >= 15 is 0 Å². The van der Waals surface area contributed by atoms with E-state index in [1.807, 2.05) is 12.1 Å². The second-order valence-corrected chi connectivity index (χ2v) is 8.07. The van der Waals surface area contributed by atoms with Gasteiger partial charge in [-0.15, -0.1) is 0 Å². The molecule has 0 fully saturated rings. The zero-order chi connectivity index (χ0) is 17.2. The number of hydrogen-bond acceptors (Lipinski definition) is 3. The number of benzene rings is 2. The Kier molecular flexibility index (Phi) is 3.29. The summed E-state index contributed by atoms with van der Waals surface area (Å²) in [6.45, 7) is 2.19. The van der Waals surface area contributed by atoms with Gasteiger partial charge in [0.2, 0.25) is 0 Å². The average molecular weight is 398 g/mol. The lowest BCUT2D eigenvalue weighted by molar-refractivity contribution is 0.108. The largest absolute Gasteiger partial charge is 0.371 e. The Hall–Kier alpha value is -1.82. The Labute approximate surface area is 154 Å². The number of aromatic amines is 1. The monoisotopic (exact) mass is 397 g/mol. The summed E-state index contributed by atoms with van der Waals surface area (Å²) in [6.07, 6.45) is 1.29. The molecule has 1 spiro atoms. The predicted octanol–water partition coefficient (Wildman–Crippen LogP) is 3.84. The van der Waals surface area contributed by atoms with Crippen molar-refractivity contribution in [2.45, 2.75) is 37.6 Å². The van der Waals surface area contributed by atoms with E-state index in [1.54, 1.807) is 0 Å². The number of aromatic nitrogens is 1. The fourth-order valence-electron chi connectivity index (χ4n) is 4.49. The van der Waals surface area contributed by atoms with Gasteiger partial charge in [0.05, 0.1) is 0 Å². The molecule has 2 aromatic carbocycles. The zero-order valence-electron chi connectivity index (χ0n) is 13.9. The quantitative estimate of drug-likeness (QED) is 0.466. The number of aliphatic hydroxyl groups excluding tert-OH is 1. The fraction of sp³-hybridized carbons (Fsp3) is 0.300. The Balaban J connectivity index is 1.86. The molecule has 5 heteroatoms. The van der Waals surface area contributed by atoms with Crippen LogP contribution in [0.4, 0.5) is 5.69 Å². The molecule has 5 rings (SSSR count). The Morgan fingerprint density at radius 2 is 2.04 bits per heavy atom. The molecule has 4 N–H and O–H groups in total. The molecule has 2 aliphatic rings. The van der Waals surface area contributed by atoms with Crippen molar-refractivity contribution in [3.63, 3.8) is 0 Å². The molecule has 0 aliphatic carbocycles. The number of aliphatic hydroxyl groups is 1. The molecule has 0 amide bonds. The molecule has 4 nitrogen and oxygen atoms in total. The van der Waals surface area contributed by atoms with Gasteiger partial charge < -0.3 is 15.4 Å². The number of rotatable bonds is 0. The highest BCUT2D eigenvalue weighted by Crippen LogP contribution is 2.48. The second-order valence-electron chi connectivity index (χ2n) is 7.15. The third kappa shape index (κ3) is 2.06. The maximum Gasteiger partial charge on any atom is 0.152 e. The fourth-order valence-corrected chi connectivity index (χ4v) is 4.85. The van der Waals surface area contributed by atoms with Gasteiger partial charge in [-0.1, -0.05) is 34.1 Å². The summed E-state index contributed by atoms with van der Waals surface area (Å²) in [5.74, 6) is 0. The SMILES string of the molecule is C[C@H]1CCc2c([nH]c3ccccc23)[C@]2(N1)c1cc(Br)ccc1NC2O. The van der Waals surface area contributed by atoms with Crippen LogP contribution < -0.4 is 10.6 Å². The van der Waals surface area contributed by atoms with Gasteiger partial charge in [-0.25, -0.2) is 0 Å². The molecule has 1 aromatic heterocycles. The Morgan fingerprint density at radius 1 is 1.20 bits per heavy atom. The van der Waals surface area contributed by atoms with Crippen molar-refractivity contribution >= 4 is 32.5 Å². The van der Waals surface area contributed by atoms with Crippen LogP contribution >= 0.6 is 15.9 Å². The summed E-state index contributed by atoms with van der Waals surface area (Å²) in [6, 6.07) is 14.8. The number of fused-ring (bicyclic) bond motifs is 6. The molecule has 0 saturated heterocycles. The van der Waals surface area contributed by atoms with Crippen LogP contribution in [0.5, 0.6) is 0 Å². The van der Waals surface area contributed by atoms with E-state index in [4.69, 9.17) is 0 Å². The lowest BCUT2D eigenvalue weighted by Gasteiger charge is -2.35. The third-order valence-corrected chi connectivity index (χ3v) is 6.11. The van der Waals surface area contributed by atoms with Gasteiger partial charge in [-0.3, -0.25) is 5.32 Å². The molecule has 2 aliphatic heterocycles. The molecular weight excluding hydrogens is 378 g/mol. The summed E-state index contributed by atoms with van der Waals surface area (Å²) in [5, 5.41) is 19.4. The molecule has 128 valence electrons. The maximum atomic E-state index is 11.1. The Morgan fingerprint density at radius 3 is 2.92 bits per heavy atom. The molecule has 0 saturated carbocycles. The van der Waals surface area contributed by atoms with E-state index in [0.717, 1.165) is 39.8 Å². The van der Waals surface area contributed by atoms with E-state index in [-0.39, 0.29) is 0 Å². The molecule has 0 bridgehead atoms. The van der Waals surface area contributed by atoms with E-state index < -0.39 is 11.8 Å². The van der Waals surface area contributed by atoms with Crippen molar-refractivity contribution in [3.8, 4) is 0 Å². The highest BCUT2D eigenvalue weighted by atomic mass is 79.9. The first-order valence-electron chi connectivity index (χ1n) is 8.72. The predicted molar refractivity (Wildman–Crippen MR) is 104 cm³/mol. The number of anilines is 1. The highest BCUT2D eigenvalue weighted by molar-refractivity contribution is 9.10. The number of hydrogen-bond donors (Lipinski definition) is 4. The number of H-pyrrole nitrogens is 1. The van der Waals surface area contributed by atoms with Gasteiger partial charge in [0.25, 0.3) is 0 Å². The van der Waals surface area contributed by atoms with Crippen LogP contribution in [0.1, 0.15) is 30.2 Å². The van der Waals surface area contributed by atoms with Gasteiger partial charge in [-0.05, 0) is 49.6 Å². The zero-order valence-corrected chi connectivity index (χ0v) is 15.5. The normalized spacial score (nSPS) is 27.8. The lowest BCUT2D eigenvalue weighted by Crippen LogP contribution is -2.54. The minimum atomic E-state index is -0.732. The van der Waals surface area contributed by atoms with Crippen LogP contribution in [-0.4, -0.2) is 22.4 Å². The van der Waals surface area contributed by atoms with Gasteiger partial charge in [0, 0.05) is 38.4 Å². The smallest absolute Gasteiger partial charge is 0.152 e. The van der Waals surface area contributed by atoms with Gasteiger partial charge in [-0.2, -0.15) is 0 Å². The molecule has 25 heavy (non-hydrogen) atoms. The summed E-state index contributed by atoms with van der Waals surface area (Å²) >= 11 is 3.60. The number of aryl methyl sites for hydroxylation is 1. The summed E-state index contributed by atoms with van der Waals surface area (Å²) in [5.41, 5.74) is 4.89. The van der Waals surface area contributed by atoms with Crippen molar-refractivity contribution in [1.82, 2.24) is 10.3 Å². The standard InChI is InChI=1S/C20H20BrN3O/c1-11-6-8-14-13-4-2-3-5-16(13)22-18(14)20(24-11)15-10-12(21)7-9-17(15)23-19(20)25/h2-5,7,9-11,19,22-25H,6,8H2,1H3/t11-,19?,20+/m0/s1. The Bertz CT molecular complexity index is 982. The molecular formula is C20H20BrN3O. The van der Waals surface area contributed by atoms with Crippen LogP contribution in [0.2, 0.25) is 0 Å². The summed E-state index contributed by atoms with van der Waals surface area (Å²) < 4.78 is 1.01. The molecule has 3 atom stereocenters. The maximum absolute atomic E-state index is 11.1. The highest BCUT2D eigenvalue weighted by Gasteiger charge is 2.51. The third-order valence-electron chi connectivity index (χ3n) is 5.62. The minimum Gasteiger partial charge on any atom is -0.371 e. The van der Waals surface area contributed by atoms with Crippen molar-refractivity contribution < 1.29 is 5.11 Å². The van der Waals surface area contributed by atoms with Crippen molar-refractivity contribution in [2.75, 3.05) is 5.32 Å². The van der Waals surface area contributed by atoms with E-state index in [1.165, 1.54) is 10.9 Å². The van der Waals surface area contributed by atoms with Crippen molar-refractivity contribution in [3.05, 3.63) is 63.8 Å². The first kappa shape index (κ1) is 15.4. The van der Waals surface area contributed by atoms with Crippen LogP contribution in [0.25, 0.3) is 10.9 Å². The molecule has 0 radical (unpaired) electrons. The van der Waals surface area contributed by atoms with E-state index in [9.17, 15) is 5.11 Å². The first-order valence-corrected chi connectivity index (χ1v) is 9.51. The summed E-state index contributed by atoms with van der Waals surface area (Å²) in [7, 11) is 0. The first-order chi connectivity index (χ1) is 12.1. The number of halogens is 1. The van der Waals surface area contributed by atoms with Crippen molar-refractivity contribution in [1.29, 1.82) is 0 Å². The molecule has 1 unspecified atom stereocenters. The topological polar surface area (TPSA) is 60.1 Å². The van der Waals surface area contributed by atoms with E-state index in [0.29, 0.717) is 6.04 Å². The van der Waals surface area contributed by atoms with Crippen LogP contribution in [0, 0.1) is 0 Å². The van der Waals surface area contributed by atoms with Gasteiger partial charge >= 0.3 is 0 Å². The average Bonchev–Trinajstić information content (AvgIpc) is 3.04. The number of nitrogens with one attached hydrogen (secondary N) is 3. The van der Waals surface area contributed by atoms with Crippen molar-refractivity contribution in [2.24, 2.45) is 0 Å². The number of para-hydroxylation sites is 1. The second kappa shape index (κ2) is 5.34. The molecule has 3 aromatic rings. The van der Waals surface area contributed by atoms with E-state index in [2.05, 4.69) is 68.8 Å². The lowest BCUT2D eigenvalue weighted by atomic mass is 9.84. The minimum absolute atomic E-state index is 0.293. The summed E-state index contributed by atoms with van der Waals surface area (Å²) in [4.78, 5) is 3.62. The molecule has 3 heterocycles. The van der Waals surface area contributed by atoms with Crippen LogP contribution in [0.15, 0.2) is 46.9 Å². The van der Waals surface area contributed by atoms with Gasteiger partial charge in [0.15, 0.2) is 6.23 Å². The van der Waals surface area contributed by atoms with Crippen LogP contribution in [0.3, 0.4) is 0 Å².